The molecule has 162 valence electrons. The number of aromatic amines is 1. The van der Waals surface area contributed by atoms with E-state index in [2.05, 4.69) is 46.2 Å². The number of fused-ring (bicyclic) bond motifs is 1. The van der Waals surface area contributed by atoms with Crippen LogP contribution in [0.5, 0.6) is 5.75 Å². The summed E-state index contributed by atoms with van der Waals surface area (Å²) in [7, 11) is 1.64. The number of piperazine rings is 1. The maximum Gasteiger partial charge on any atom is 0.197 e. The van der Waals surface area contributed by atoms with E-state index >= 15 is 0 Å². The molecule has 31 heavy (non-hydrogen) atoms. The van der Waals surface area contributed by atoms with Crippen molar-refractivity contribution in [3.8, 4) is 27.7 Å². The number of aromatic nitrogens is 6. The van der Waals surface area contributed by atoms with E-state index in [0.29, 0.717) is 17.4 Å². The zero-order chi connectivity index (χ0) is 21.5. The zero-order valence-corrected chi connectivity index (χ0v) is 18.9. The number of anilines is 1. The lowest BCUT2D eigenvalue weighted by molar-refractivity contribution is 0.416. The van der Waals surface area contributed by atoms with Crippen LogP contribution in [-0.2, 0) is 0 Å². The molecule has 2 N–H and O–H groups in total. The summed E-state index contributed by atoms with van der Waals surface area (Å²) in [6.45, 7) is 9.57. The third-order valence-corrected chi connectivity index (χ3v) is 6.75. The van der Waals surface area contributed by atoms with E-state index in [9.17, 15) is 0 Å². The lowest BCUT2D eigenvalue weighted by Gasteiger charge is -2.34. The molecule has 1 aliphatic rings. The van der Waals surface area contributed by atoms with E-state index < -0.39 is 0 Å². The van der Waals surface area contributed by atoms with Crippen molar-refractivity contribution in [2.24, 2.45) is 0 Å². The molecular formula is C21H26N8OS. The molecule has 0 radical (unpaired) electrons. The Morgan fingerprint density at radius 1 is 1.29 bits per heavy atom. The number of rotatable bonds is 5. The Morgan fingerprint density at radius 3 is 2.94 bits per heavy atom. The van der Waals surface area contributed by atoms with Crippen LogP contribution in [0.15, 0.2) is 24.8 Å². The van der Waals surface area contributed by atoms with Gasteiger partial charge >= 0.3 is 0 Å². The largest absolute Gasteiger partial charge is 0.493 e. The number of H-pyrrole nitrogens is 1. The zero-order valence-electron chi connectivity index (χ0n) is 18.1. The summed E-state index contributed by atoms with van der Waals surface area (Å²) in [5.74, 6) is 0.928. The number of nitrogens with zero attached hydrogens (tertiary/aromatic N) is 6. The molecule has 0 spiro atoms. The van der Waals surface area contributed by atoms with E-state index in [1.54, 1.807) is 23.0 Å². The van der Waals surface area contributed by atoms with Gasteiger partial charge in [0.1, 0.15) is 22.0 Å². The summed E-state index contributed by atoms with van der Waals surface area (Å²) in [6, 6.07) is 2.42. The lowest BCUT2D eigenvalue weighted by atomic mass is 9.97. The van der Waals surface area contributed by atoms with Gasteiger partial charge in [-0.1, -0.05) is 25.2 Å². The normalized spacial score (nSPS) is 17.1. The Labute approximate surface area is 184 Å². The van der Waals surface area contributed by atoms with Gasteiger partial charge in [-0.05, 0) is 18.9 Å². The van der Waals surface area contributed by atoms with Crippen LogP contribution in [0.2, 0.25) is 0 Å². The predicted molar refractivity (Wildman–Crippen MR) is 122 cm³/mol. The van der Waals surface area contributed by atoms with E-state index in [1.165, 1.54) is 11.3 Å². The fourth-order valence-corrected chi connectivity index (χ4v) is 5.20. The molecule has 4 aromatic heterocycles. The smallest absolute Gasteiger partial charge is 0.197 e. The number of ether oxygens (including phenoxy) is 1. The number of thiazole rings is 1. The summed E-state index contributed by atoms with van der Waals surface area (Å²) in [5.41, 5.74) is 4.63. The maximum absolute atomic E-state index is 5.54. The molecule has 1 unspecified atom stereocenters. The number of nitrogens with one attached hydrogen (secondary N) is 2. The predicted octanol–water partition coefficient (Wildman–Crippen LogP) is 3.17. The molecule has 5 rings (SSSR count). The summed E-state index contributed by atoms with van der Waals surface area (Å²) >= 11 is 1.70. The van der Waals surface area contributed by atoms with Crippen molar-refractivity contribution in [2.45, 2.75) is 32.7 Å². The van der Waals surface area contributed by atoms with Crippen molar-refractivity contribution < 1.29 is 4.74 Å². The number of hydrogen-bond donors (Lipinski definition) is 2. The molecule has 10 heteroatoms. The monoisotopic (exact) mass is 438 g/mol. The summed E-state index contributed by atoms with van der Waals surface area (Å²) < 4.78 is 7.27. The van der Waals surface area contributed by atoms with Crippen molar-refractivity contribution in [1.29, 1.82) is 0 Å². The highest BCUT2D eigenvalue weighted by molar-refractivity contribution is 7.18. The summed E-state index contributed by atoms with van der Waals surface area (Å²) in [4.78, 5) is 11.4. The van der Waals surface area contributed by atoms with Crippen LogP contribution in [0.25, 0.3) is 27.6 Å². The van der Waals surface area contributed by atoms with Gasteiger partial charge in [0.2, 0.25) is 0 Å². The Morgan fingerprint density at radius 2 is 2.16 bits per heavy atom. The molecule has 0 aromatic carbocycles. The van der Waals surface area contributed by atoms with Gasteiger partial charge in [0.05, 0.1) is 19.0 Å². The molecule has 1 atom stereocenters. The van der Waals surface area contributed by atoms with Crippen LogP contribution in [0.4, 0.5) is 5.00 Å². The molecular weight excluding hydrogens is 412 g/mol. The highest BCUT2D eigenvalue weighted by Gasteiger charge is 2.25. The van der Waals surface area contributed by atoms with Gasteiger partial charge in [0, 0.05) is 43.0 Å². The first kappa shape index (κ1) is 20.0. The molecule has 1 aliphatic heterocycles. The highest BCUT2D eigenvalue weighted by atomic mass is 32.1. The van der Waals surface area contributed by atoms with E-state index in [0.717, 1.165) is 47.2 Å². The molecule has 0 aliphatic carbocycles. The van der Waals surface area contributed by atoms with E-state index in [-0.39, 0.29) is 5.92 Å². The lowest BCUT2D eigenvalue weighted by Crippen LogP contribution is -2.49. The number of hydrogen-bond acceptors (Lipinski definition) is 8. The topological polar surface area (TPSA) is 96.3 Å². The summed E-state index contributed by atoms with van der Waals surface area (Å²) in [6.07, 6.45) is 5.45. The molecule has 0 saturated carbocycles. The Kier molecular flexibility index (Phi) is 5.11. The molecule has 4 aromatic rings. The van der Waals surface area contributed by atoms with Gasteiger partial charge < -0.3 is 15.0 Å². The van der Waals surface area contributed by atoms with Crippen molar-refractivity contribution in [3.63, 3.8) is 0 Å². The van der Waals surface area contributed by atoms with Crippen LogP contribution in [-0.4, -0.2) is 62.6 Å². The first-order valence-corrected chi connectivity index (χ1v) is 11.3. The highest BCUT2D eigenvalue weighted by Crippen LogP contribution is 2.40. The minimum Gasteiger partial charge on any atom is -0.493 e. The van der Waals surface area contributed by atoms with Gasteiger partial charge in [0.25, 0.3) is 0 Å². The van der Waals surface area contributed by atoms with Crippen molar-refractivity contribution in [3.05, 3.63) is 30.4 Å². The van der Waals surface area contributed by atoms with Gasteiger partial charge in [-0.25, -0.2) is 14.5 Å². The number of pyridine rings is 1. The van der Waals surface area contributed by atoms with Gasteiger partial charge in [-0.2, -0.15) is 10.2 Å². The van der Waals surface area contributed by atoms with Gasteiger partial charge in [-0.3, -0.25) is 5.10 Å². The first-order chi connectivity index (χ1) is 15.1. The van der Waals surface area contributed by atoms with Crippen LogP contribution < -0.4 is 15.0 Å². The molecule has 1 fully saturated rings. The average molecular weight is 439 g/mol. The fraction of sp³-hybridized carbons (Fsp3) is 0.429. The third-order valence-electron chi connectivity index (χ3n) is 5.71. The Balaban J connectivity index is 1.57. The van der Waals surface area contributed by atoms with Gasteiger partial charge in [0.15, 0.2) is 11.4 Å². The van der Waals surface area contributed by atoms with Crippen molar-refractivity contribution in [2.75, 3.05) is 31.6 Å². The standard InChI is InChI=1S/C21H26N8OS/c1-12(2)17-18(14-7-15(30-4)20-24-11-25-29(20)10-14)26-27-19(17)21-23-9-16(31-21)28-6-5-22-8-13(28)3/h7,9-13,22H,5-6,8H2,1-4H3,(H,26,27). The Hall–Kier alpha value is -2.98. The fourth-order valence-electron chi connectivity index (χ4n) is 4.15. The van der Waals surface area contributed by atoms with Gasteiger partial charge in [-0.15, -0.1) is 0 Å². The van der Waals surface area contributed by atoms with Crippen LogP contribution in [0.3, 0.4) is 0 Å². The minimum absolute atomic E-state index is 0.256. The van der Waals surface area contributed by atoms with E-state index in [4.69, 9.17) is 14.8 Å². The van der Waals surface area contributed by atoms with E-state index in [1.807, 2.05) is 18.5 Å². The van der Waals surface area contributed by atoms with Crippen molar-refractivity contribution in [1.82, 2.24) is 35.1 Å². The quantitative estimate of drug-likeness (QED) is 0.494. The first-order valence-electron chi connectivity index (χ1n) is 10.5. The molecule has 9 nitrogen and oxygen atoms in total. The average Bonchev–Trinajstić information content (AvgIpc) is 3.51. The molecule has 5 heterocycles. The minimum atomic E-state index is 0.256. The van der Waals surface area contributed by atoms with Crippen LogP contribution in [0.1, 0.15) is 32.3 Å². The SMILES string of the molecule is COc1cc(-c2[nH]nc(-c3ncc(N4CCNCC4C)s3)c2C(C)C)cn2ncnc12. The van der Waals surface area contributed by atoms with Crippen LogP contribution >= 0.6 is 11.3 Å². The second-order valence-corrected chi connectivity index (χ2v) is 9.10. The third kappa shape index (κ3) is 3.45. The Bertz CT molecular complexity index is 1210. The maximum atomic E-state index is 5.54. The second kappa shape index (κ2) is 7.93. The number of methoxy groups -OCH3 is 1. The van der Waals surface area contributed by atoms with Crippen molar-refractivity contribution >= 4 is 22.0 Å². The molecule has 0 amide bonds. The summed E-state index contributed by atoms with van der Waals surface area (Å²) in [5, 5.41) is 17.8. The molecule has 0 bridgehead atoms. The second-order valence-electron chi connectivity index (χ2n) is 8.09. The molecule has 1 saturated heterocycles. The van der Waals surface area contributed by atoms with Crippen LogP contribution in [0, 0.1) is 0 Å².